The van der Waals surface area contributed by atoms with Crippen molar-refractivity contribution in [1.82, 2.24) is 14.5 Å². The summed E-state index contributed by atoms with van der Waals surface area (Å²) in [4.78, 5) is 35.2. The first kappa shape index (κ1) is 26.5. The fraction of sp³-hybridized carbons (Fsp3) is 0.133. The van der Waals surface area contributed by atoms with Gasteiger partial charge in [-0.2, -0.15) is 0 Å². The van der Waals surface area contributed by atoms with E-state index in [-0.39, 0.29) is 30.1 Å². The van der Waals surface area contributed by atoms with Crippen LogP contribution >= 0.6 is 0 Å². The van der Waals surface area contributed by atoms with E-state index in [1.54, 1.807) is 19.1 Å². The number of rotatable bonds is 9. The molecular weight excluding hydrogens is 520 g/mol. The van der Waals surface area contributed by atoms with E-state index in [1.165, 1.54) is 78.8 Å². The Morgan fingerprint density at radius 1 is 0.950 bits per heavy atom. The van der Waals surface area contributed by atoms with Crippen LogP contribution in [0.3, 0.4) is 0 Å². The van der Waals surface area contributed by atoms with Crippen LogP contribution in [0.1, 0.15) is 22.8 Å². The number of Topliss-reactive ketones (excluding diaryl/α,β-unsaturated/α-hetero) is 1. The molecule has 0 spiro atoms. The number of ketones is 1. The van der Waals surface area contributed by atoms with E-state index in [0.717, 1.165) is 0 Å². The zero-order valence-corrected chi connectivity index (χ0v) is 21.6. The highest BCUT2D eigenvalue weighted by atomic mass is 19.1. The summed E-state index contributed by atoms with van der Waals surface area (Å²) in [5.41, 5.74) is 0.838. The Kier molecular flexibility index (Phi) is 7.50. The van der Waals surface area contributed by atoms with E-state index in [0.29, 0.717) is 33.8 Å². The van der Waals surface area contributed by atoms with Crippen LogP contribution in [0, 0.1) is 11.6 Å². The number of aromatic nitrogens is 3. The molecule has 202 valence electrons. The first-order valence-electron chi connectivity index (χ1n) is 12.3. The van der Waals surface area contributed by atoms with Gasteiger partial charge in [-0.05, 0) is 55.0 Å². The minimum atomic E-state index is -0.703. The summed E-state index contributed by atoms with van der Waals surface area (Å²) in [5.74, 6) is -0.862. The molecule has 3 aromatic heterocycles. The maximum atomic E-state index is 15.1. The van der Waals surface area contributed by atoms with Gasteiger partial charge in [-0.3, -0.25) is 19.1 Å². The number of carbonyl (C=O) groups is 1. The monoisotopic (exact) mass is 543 g/mol. The molecule has 2 aromatic carbocycles. The van der Waals surface area contributed by atoms with E-state index in [1.807, 2.05) is 0 Å². The number of hydrogen-bond acceptors (Lipinski definition) is 7. The number of pyridine rings is 3. The Bertz CT molecular complexity index is 1770. The van der Waals surface area contributed by atoms with Crippen LogP contribution < -0.4 is 19.8 Å². The molecular formula is C30H23F2N3O5. The molecule has 0 saturated heterocycles. The molecule has 0 aliphatic heterocycles. The quantitative estimate of drug-likeness (QED) is 0.221. The zero-order valence-electron chi connectivity index (χ0n) is 21.6. The van der Waals surface area contributed by atoms with Gasteiger partial charge in [0.15, 0.2) is 23.1 Å². The van der Waals surface area contributed by atoms with Crippen LogP contribution in [0.2, 0.25) is 0 Å². The Morgan fingerprint density at radius 2 is 1.75 bits per heavy atom. The number of ether oxygens (including phenoxy) is 3. The van der Waals surface area contributed by atoms with Crippen molar-refractivity contribution in [2.75, 3.05) is 13.7 Å². The summed E-state index contributed by atoms with van der Waals surface area (Å²) < 4.78 is 46.2. The van der Waals surface area contributed by atoms with Crippen molar-refractivity contribution in [2.45, 2.75) is 13.3 Å². The van der Waals surface area contributed by atoms with Gasteiger partial charge in [-0.25, -0.2) is 13.8 Å². The molecule has 10 heteroatoms. The molecule has 5 aromatic rings. The average Bonchev–Trinajstić information content (AvgIpc) is 2.95. The topological polar surface area (TPSA) is 92.5 Å². The minimum Gasteiger partial charge on any atom is -0.495 e. The van der Waals surface area contributed by atoms with E-state index in [2.05, 4.69) is 9.97 Å². The van der Waals surface area contributed by atoms with Crippen LogP contribution in [0.4, 0.5) is 8.78 Å². The summed E-state index contributed by atoms with van der Waals surface area (Å²) in [7, 11) is 1.52. The standard InChI is InChI=1S/C30H23F2N3O5/c1-3-39-26-11-13-35(20-7-5-19(31)6-8-20)30(37)28(26)24(36)15-18-4-9-25(22(32)14-18)40-27-10-12-33-23-16-21(38-2)17-34-29(23)27/h4-14,16-17H,3,15H2,1-2H3. The van der Waals surface area contributed by atoms with Gasteiger partial charge in [0.25, 0.3) is 5.56 Å². The molecule has 0 N–H and O–H groups in total. The first-order chi connectivity index (χ1) is 19.4. The normalized spacial score (nSPS) is 10.9. The number of carbonyl (C=O) groups excluding carboxylic acids is 1. The summed E-state index contributed by atoms with van der Waals surface area (Å²) in [5, 5.41) is 0. The lowest BCUT2D eigenvalue weighted by atomic mass is 10.0. The van der Waals surface area contributed by atoms with Gasteiger partial charge < -0.3 is 14.2 Å². The van der Waals surface area contributed by atoms with E-state index in [9.17, 15) is 14.0 Å². The molecule has 40 heavy (non-hydrogen) atoms. The molecule has 0 saturated carbocycles. The summed E-state index contributed by atoms with van der Waals surface area (Å²) in [6.45, 7) is 1.96. The molecule has 0 atom stereocenters. The van der Waals surface area contributed by atoms with Gasteiger partial charge in [0, 0.05) is 36.6 Å². The maximum absolute atomic E-state index is 15.1. The molecule has 0 aliphatic rings. The minimum absolute atomic E-state index is 0.0744. The molecule has 0 aliphatic carbocycles. The van der Waals surface area contributed by atoms with Crippen molar-refractivity contribution >= 4 is 16.8 Å². The molecule has 3 heterocycles. The lowest BCUT2D eigenvalue weighted by molar-refractivity contribution is 0.0987. The lowest BCUT2D eigenvalue weighted by Crippen LogP contribution is -2.27. The predicted octanol–water partition coefficient (Wildman–Crippen LogP) is 5.68. The third-order valence-electron chi connectivity index (χ3n) is 6.07. The van der Waals surface area contributed by atoms with Gasteiger partial charge in [0.2, 0.25) is 0 Å². The number of methoxy groups -OCH3 is 1. The molecule has 0 amide bonds. The Balaban J connectivity index is 1.42. The van der Waals surface area contributed by atoms with Gasteiger partial charge in [0.05, 0.1) is 25.4 Å². The zero-order chi connectivity index (χ0) is 28.2. The number of hydrogen-bond donors (Lipinski definition) is 0. The number of nitrogens with zero attached hydrogens (tertiary/aromatic N) is 3. The number of fused-ring (bicyclic) bond motifs is 1. The van der Waals surface area contributed by atoms with Crippen LogP contribution in [0.25, 0.3) is 16.7 Å². The molecule has 0 unspecified atom stereocenters. The second-order valence-corrected chi connectivity index (χ2v) is 8.66. The third kappa shape index (κ3) is 5.37. The van der Waals surface area contributed by atoms with Crippen molar-refractivity contribution < 1.29 is 27.8 Å². The Morgan fingerprint density at radius 3 is 2.48 bits per heavy atom. The number of halogens is 2. The van der Waals surface area contributed by atoms with Gasteiger partial charge in [-0.15, -0.1) is 0 Å². The second-order valence-electron chi connectivity index (χ2n) is 8.66. The van der Waals surface area contributed by atoms with Crippen molar-refractivity contribution in [3.8, 4) is 28.7 Å². The van der Waals surface area contributed by atoms with Crippen molar-refractivity contribution in [2.24, 2.45) is 0 Å². The SMILES string of the molecule is CCOc1ccn(-c2ccc(F)cc2)c(=O)c1C(=O)Cc1ccc(Oc2ccnc3cc(OC)cnc23)c(F)c1. The Labute approximate surface area is 227 Å². The Hall–Kier alpha value is -5.12. The molecule has 8 nitrogen and oxygen atoms in total. The van der Waals surface area contributed by atoms with Crippen molar-refractivity contribution in [1.29, 1.82) is 0 Å². The van der Waals surface area contributed by atoms with E-state index in [4.69, 9.17) is 14.2 Å². The lowest BCUT2D eigenvalue weighted by Gasteiger charge is -2.13. The highest BCUT2D eigenvalue weighted by Crippen LogP contribution is 2.31. The molecule has 5 rings (SSSR count). The highest BCUT2D eigenvalue weighted by Gasteiger charge is 2.21. The largest absolute Gasteiger partial charge is 0.495 e. The van der Waals surface area contributed by atoms with Gasteiger partial charge >= 0.3 is 0 Å². The summed E-state index contributed by atoms with van der Waals surface area (Å²) in [6, 6.07) is 14.2. The number of benzene rings is 2. The molecule has 0 fully saturated rings. The van der Waals surface area contributed by atoms with Crippen LogP contribution in [-0.2, 0) is 6.42 Å². The maximum Gasteiger partial charge on any atom is 0.269 e. The fourth-order valence-corrected chi connectivity index (χ4v) is 4.17. The highest BCUT2D eigenvalue weighted by molar-refractivity contribution is 5.99. The second kappa shape index (κ2) is 11.3. The molecule has 0 bridgehead atoms. The van der Waals surface area contributed by atoms with Crippen molar-refractivity contribution in [3.05, 3.63) is 112 Å². The predicted molar refractivity (Wildman–Crippen MR) is 144 cm³/mol. The van der Waals surface area contributed by atoms with Gasteiger partial charge in [-0.1, -0.05) is 6.07 Å². The van der Waals surface area contributed by atoms with Crippen molar-refractivity contribution in [3.63, 3.8) is 0 Å². The van der Waals surface area contributed by atoms with E-state index >= 15 is 4.39 Å². The summed E-state index contributed by atoms with van der Waals surface area (Å²) >= 11 is 0. The smallest absolute Gasteiger partial charge is 0.269 e. The van der Waals surface area contributed by atoms with E-state index < -0.39 is 23.0 Å². The molecule has 0 radical (unpaired) electrons. The fourth-order valence-electron chi connectivity index (χ4n) is 4.17. The van der Waals surface area contributed by atoms with Crippen LogP contribution in [0.5, 0.6) is 23.0 Å². The van der Waals surface area contributed by atoms with Gasteiger partial charge in [0.1, 0.15) is 28.4 Å². The van der Waals surface area contributed by atoms with Crippen LogP contribution in [-0.4, -0.2) is 34.0 Å². The average molecular weight is 544 g/mol. The van der Waals surface area contributed by atoms with Crippen LogP contribution in [0.15, 0.2) is 84.0 Å². The third-order valence-corrected chi connectivity index (χ3v) is 6.07. The first-order valence-corrected chi connectivity index (χ1v) is 12.3. The summed E-state index contributed by atoms with van der Waals surface area (Å²) in [6.07, 6.45) is 4.21.